The molecule has 0 aliphatic carbocycles. The second kappa shape index (κ2) is 7.57. The lowest BCUT2D eigenvalue weighted by Gasteiger charge is -2.26. The average Bonchev–Trinajstić information content (AvgIpc) is 2.56. The van der Waals surface area contributed by atoms with Crippen LogP contribution in [0.5, 0.6) is 0 Å². The van der Waals surface area contributed by atoms with Crippen molar-refractivity contribution in [2.24, 2.45) is 11.7 Å². The Morgan fingerprint density at radius 3 is 2.74 bits per heavy atom. The SMILES string of the molecule is Cc1ccc(Nc2ccc(CCC3CCO[C@H](N)C3)cc2)nc1. The van der Waals surface area contributed by atoms with Gasteiger partial charge in [0.2, 0.25) is 0 Å². The average molecular weight is 311 g/mol. The van der Waals surface area contributed by atoms with Gasteiger partial charge in [-0.25, -0.2) is 4.98 Å². The quantitative estimate of drug-likeness (QED) is 0.882. The van der Waals surface area contributed by atoms with Gasteiger partial charge in [-0.05, 0) is 67.9 Å². The number of nitrogens with two attached hydrogens (primary N) is 1. The summed E-state index contributed by atoms with van der Waals surface area (Å²) in [6.07, 6.45) is 6.20. The summed E-state index contributed by atoms with van der Waals surface area (Å²) in [6.45, 7) is 2.84. The summed E-state index contributed by atoms with van der Waals surface area (Å²) in [7, 11) is 0. The maximum Gasteiger partial charge on any atom is 0.130 e. The number of anilines is 2. The standard InChI is InChI=1S/C19H25N3O/c1-14-2-9-19(21-13-14)22-17-7-5-15(6-8-17)3-4-16-10-11-23-18(20)12-16/h2,5-9,13,16,18H,3-4,10-12,20H2,1H3,(H,21,22)/t16?,18-/m0/s1. The molecular formula is C19H25N3O. The molecule has 1 unspecified atom stereocenters. The summed E-state index contributed by atoms with van der Waals surface area (Å²) in [6, 6.07) is 12.7. The summed E-state index contributed by atoms with van der Waals surface area (Å²) in [5.41, 5.74) is 9.46. The number of ether oxygens (including phenoxy) is 1. The fraction of sp³-hybridized carbons (Fsp3) is 0.421. The first-order chi connectivity index (χ1) is 11.2. The van der Waals surface area contributed by atoms with Gasteiger partial charge >= 0.3 is 0 Å². The highest BCUT2D eigenvalue weighted by molar-refractivity contribution is 5.56. The molecule has 2 aromatic rings. The highest BCUT2D eigenvalue weighted by Gasteiger charge is 2.19. The second-order valence-electron chi connectivity index (χ2n) is 6.38. The van der Waals surface area contributed by atoms with Gasteiger partial charge in [-0.1, -0.05) is 18.2 Å². The van der Waals surface area contributed by atoms with E-state index in [1.807, 2.05) is 19.2 Å². The van der Waals surface area contributed by atoms with E-state index in [0.717, 1.165) is 37.4 Å². The third-order valence-electron chi connectivity index (χ3n) is 4.40. The lowest BCUT2D eigenvalue weighted by atomic mass is 9.92. The van der Waals surface area contributed by atoms with Crippen LogP contribution in [0.4, 0.5) is 11.5 Å². The molecule has 1 aromatic carbocycles. The lowest BCUT2D eigenvalue weighted by Crippen LogP contribution is -2.32. The zero-order chi connectivity index (χ0) is 16.1. The van der Waals surface area contributed by atoms with Crippen molar-refractivity contribution in [2.75, 3.05) is 11.9 Å². The van der Waals surface area contributed by atoms with Gasteiger partial charge < -0.3 is 15.8 Å². The molecule has 1 fully saturated rings. The zero-order valence-electron chi connectivity index (χ0n) is 13.7. The molecule has 4 nitrogen and oxygen atoms in total. The normalized spacial score (nSPS) is 21.1. The minimum Gasteiger partial charge on any atom is -0.364 e. The molecule has 0 spiro atoms. The van der Waals surface area contributed by atoms with Crippen molar-refractivity contribution in [3.05, 3.63) is 53.7 Å². The van der Waals surface area contributed by atoms with Crippen LogP contribution in [0.2, 0.25) is 0 Å². The minimum atomic E-state index is -0.0673. The molecule has 1 saturated heterocycles. The number of pyridine rings is 1. The van der Waals surface area contributed by atoms with E-state index in [0.29, 0.717) is 5.92 Å². The number of benzene rings is 1. The molecule has 3 rings (SSSR count). The van der Waals surface area contributed by atoms with Crippen molar-refractivity contribution < 1.29 is 4.74 Å². The van der Waals surface area contributed by atoms with E-state index in [1.165, 1.54) is 17.5 Å². The zero-order valence-corrected chi connectivity index (χ0v) is 13.7. The van der Waals surface area contributed by atoms with Gasteiger partial charge in [-0.3, -0.25) is 0 Å². The third-order valence-corrected chi connectivity index (χ3v) is 4.40. The maximum absolute atomic E-state index is 5.86. The van der Waals surface area contributed by atoms with Crippen LogP contribution in [0.1, 0.15) is 30.4 Å². The van der Waals surface area contributed by atoms with Crippen LogP contribution in [-0.2, 0) is 11.2 Å². The number of aromatic nitrogens is 1. The lowest BCUT2D eigenvalue weighted by molar-refractivity contribution is -0.00624. The first-order valence-electron chi connectivity index (χ1n) is 8.35. The third kappa shape index (κ3) is 4.78. The van der Waals surface area contributed by atoms with Crippen molar-refractivity contribution in [1.29, 1.82) is 0 Å². The second-order valence-corrected chi connectivity index (χ2v) is 6.38. The van der Waals surface area contributed by atoms with Gasteiger partial charge in [0.25, 0.3) is 0 Å². The van der Waals surface area contributed by atoms with Crippen molar-refractivity contribution in [3.8, 4) is 0 Å². The van der Waals surface area contributed by atoms with E-state index >= 15 is 0 Å². The number of nitrogens with one attached hydrogen (secondary N) is 1. The summed E-state index contributed by atoms with van der Waals surface area (Å²) in [4.78, 5) is 4.37. The van der Waals surface area contributed by atoms with Crippen LogP contribution in [0.25, 0.3) is 0 Å². The molecule has 1 aliphatic rings. The minimum absolute atomic E-state index is 0.0673. The van der Waals surface area contributed by atoms with Crippen molar-refractivity contribution in [2.45, 2.75) is 38.8 Å². The Morgan fingerprint density at radius 2 is 2.04 bits per heavy atom. The molecule has 0 bridgehead atoms. The van der Waals surface area contributed by atoms with Crippen LogP contribution in [-0.4, -0.2) is 17.8 Å². The molecule has 0 radical (unpaired) electrons. The predicted molar refractivity (Wildman–Crippen MR) is 93.7 cm³/mol. The highest BCUT2D eigenvalue weighted by Crippen LogP contribution is 2.23. The molecule has 2 atom stereocenters. The Morgan fingerprint density at radius 1 is 1.22 bits per heavy atom. The van der Waals surface area contributed by atoms with E-state index in [2.05, 4.69) is 40.6 Å². The number of hydrogen-bond donors (Lipinski definition) is 2. The summed E-state index contributed by atoms with van der Waals surface area (Å²) in [5, 5.41) is 3.33. The number of hydrogen-bond acceptors (Lipinski definition) is 4. The van der Waals surface area contributed by atoms with Gasteiger partial charge in [0.15, 0.2) is 0 Å². The van der Waals surface area contributed by atoms with E-state index in [-0.39, 0.29) is 6.23 Å². The van der Waals surface area contributed by atoms with Gasteiger partial charge in [0, 0.05) is 18.5 Å². The fourth-order valence-electron chi connectivity index (χ4n) is 2.98. The Kier molecular flexibility index (Phi) is 5.26. The summed E-state index contributed by atoms with van der Waals surface area (Å²) >= 11 is 0. The van der Waals surface area contributed by atoms with Crippen LogP contribution < -0.4 is 11.1 Å². The molecular weight excluding hydrogens is 286 g/mol. The number of nitrogens with zero attached hydrogens (tertiary/aromatic N) is 1. The Hall–Kier alpha value is -1.91. The van der Waals surface area contributed by atoms with E-state index in [9.17, 15) is 0 Å². The van der Waals surface area contributed by atoms with Crippen molar-refractivity contribution in [3.63, 3.8) is 0 Å². The molecule has 2 heterocycles. The predicted octanol–water partition coefficient (Wildman–Crippen LogP) is 3.78. The monoisotopic (exact) mass is 311 g/mol. The number of aryl methyl sites for hydroxylation is 2. The van der Waals surface area contributed by atoms with Crippen molar-refractivity contribution >= 4 is 11.5 Å². The van der Waals surface area contributed by atoms with E-state index < -0.39 is 0 Å². The van der Waals surface area contributed by atoms with Crippen LogP contribution >= 0.6 is 0 Å². The molecule has 1 aromatic heterocycles. The summed E-state index contributed by atoms with van der Waals surface area (Å²) < 4.78 is 5.40. The summed E-state index contributed by atoms with van der Waals surface area (Å²) in [5.74, 6) is 1.56. The molecule has 1 aliphatic heterocycles. The molecule has 4 heteroatoms. The van der Waals surface area contributed by atoms with Gasteiger partial charge in [-0.2, -0.15) is 0 Å². The molecule has 3 N–H and O–H groups in total. The first-order valence-corrected chi connectivity index (χ1v) is 8.35. The molecule has 0 saturated carbocycles. The van der Waals surface area contributed by atoms with Gasteiger partial charge in [0.1, 0.15) is 12.0 Å². The van der Waals surface area contributed by atoms with E-state index in [1.54, 1.807) is 0 Å². The molecule has 23 heavy (non-hydrogen) atoms. The first kappa shape index (κ1) is 16.0. The van der Waals surface area contributed by atoms with Crippen molar-refractivity contribution in [1.82, 2.24) is 4.98 Å². The number of rotatable bonds is 5. The van der Waals surface area contributed by atoms with Crippen LogP contribution in [0, 0.1) is 12.8 Å². The maximum atomic E-state index is 5.86. The van der Waals surface area contributed by atoms with Gasteiger partial charge in [0.05, 0.1) is 0 Å². The van der Waals surface area contributed by atoms with Gasteiger partial charge in [-0.15, -0.1) is 0 Å². The molecule has 122 valence electrons. The largest absolute Gasteiger partial charge is 0.364 e. The Balaban J connectivity index is 1.51. The Labute approximate surface area is 138 Å². The Bertz CT molecular complexity index is 610. The highest BCUT2D eigenvalue weighted by atomic mass is 16.5. The van der Waals surface area contributed by atoms with Crippen LogP contribution in [0.15, 0.2) is 42.6 Å². The van der Waals surface area contributed by atoms with Crippen LogP contribution in [0.3, 0.4) is 0 Å². The molecule has 0 amide bonds. The smallest absolute Gasteiger partial charge is 0.130 e. The van der Waals surface area contributed by atoms with E-state index in [4.69, 9.17) is 10.5 Å². The fourth-order valence-corrected chi connectivity index (χ4v) is 2.98. The topological polar surface area (TPSA) is 60.2 Å².